The van der Waals surface area contributed by atoms with Crippen molar-refractivity contribution in [3.63, 3.8) is 0 Å². The number of hydrogen-bond acceptors (Lipinski definition) is 3. The molecule has 1 aromatic carbocycles. The molecule has 1 rings (SSSR count). The molecule has 0 heterocycles. The van der Waals surface area contributed by atoms with Gasteiger partial charge in [-0.05, 0) is 30.5 Å². The first kappa shape index (κ1) is 13.6. The van der Waals surface area contributed by atoms with Gasteiger partial charge in [-0.15, -0.1) is 12.3 Å². The fraction of sp³-hybridized carbons (Fsp3) is 0.429. The van der Waals surface area contributed by atoms with Gasteiger partial charge in [-0.3, -0.25) is 11.3 Å². The maximum Gasteiger partial charge on any atom is 0.119 e. The van der Waals surface area contributed by atoms with Crippen LogP contribution in [0.3, 0.4) is 0 Å². The zero-order chi connectivity index (χ0) is 12.5. The second-order valence-electron chi connectivity index (χ2n) is 3.88. The molecule has 0 fully saturated rings. The summed E-state index contributed by atoms with van der Waals surface area (Å²) < 4.78 is 5.59. The maximum atomic E-state index is 5.59. The molecule has 0 saturated carbocycles. The van der Waals surface area contributed by atoms with Gasteiger partial charge in [0.1, 0.15) is 5.75 Å². The molecule has 0 amide bonds. The van der Waals surface area contributed by atoms with Crippen LogP contribution >= 0.6 is 0 Å². The Morgan fingerprint density at radius 3 is 3.00 bits per heavy atom. The quantitative estimate of drug-likeness (QED) is 0.431. The van der Waals surface area contributed by atoms with Crippen molar-refractivity contribution in [1.82, 2.24) is 5.43 Å². The first-order chi connectivity index (χ1) is 8.31. The zero-order valence-electron chi connectivity index (χ0n) is 10.3. The third-order valence-electron chi connectivity index (χ3n) is 2.51. The van der Waals surface area contributed by atoms with Crippen LogP contribution in [0.2, 0.25) is 0 Å². The van der Waals surface area contributed by atoms with Crippen LogP contribution in [-0.4, -0.2) is 6.61 Å². The molecule has 3 N–H and O–H groups in total. The number of terminal acetylenes is 1. The molecular weight excluding hydrogens is 212 g/mol. The molecule has 0 aliphatic heterocycles. The summed E-state index contributed by atoms with van der Waals surface area (Å²) in [4.78, 5) is 0. The predicted octanol–water partition coefficient (Wildman–Crippen LogP) is 2.39. The van der Waals surface area contributed by atoms with E-state index in [4.69, 9.17) is 17.0 Å². The fourth-order valence-electron chi connectivity index (χ4n) is 1.61. The van der Waals surface area contributed by atoms with Crippen LogP contribution in [0.1, 0.15) is 37.8 Å². The molecule has 1 unspecified atom stereocenters. The third-order valence-corrected chi connectivity index (χ3v) is 2.51. The van der Waals surface area contributed by atoms with Crippen molar-refractivity contribution >= 4 is 0 Å². The molecule has 0 aliphatic rings. The van der Waals surface area contributed by atoms with Gasteiger partial charge >= 0.3 is 0 Å². The van der Waals surface area contributed by atoms with Crippen molar-refractivity contribution in [2.45, 2.75) is 32.2 Å². The molecule has 3 nitrogen and oxygen atoms in total. The lowest BCUT2D eigenvalue weighted by atomic mass is 10.0. The van der Waals surface area contributed by atoms with E-state index < -0.39 is 0 Å². The van der Waals surface area contributed by atoms with E-state index >= 15 is 0 Å². The third kappa shape index (κ3) is 4.48. The summed E-state index contributed by atoms with van der Waals surface area (Å²) in [5, 5.41) is 0. The van der Waals surface area contributed by atoms with Crippen molar-refractivity contribution in [2.75, 3.05) is 6.61 Å². The van der Waals surface area contributed by atoms with Gasteiger partial charge in [-0.2, -0.15) is 0 Å². The minimum absolute atomic E-state index is 0.0798. The summed E-state index contributed by atoms with van der Waals surface area (Å²) in [5.41, 5.74) is 3.89. The highest BCUT2D eigenvalue weighted by Gasteiger charge is 2.09. The van der Waals surface area contributed by atoms with E-state index in [0.717, 1.165) is 30.8 Å². The lowest BCUT2D eigenvalue weighted by Crippen LogP contribution is -2.27. The Bertz CT molecular complexity index is 371. The largest absolute Gasteiger partial charge is 0.494 e. The minimum atomic E-state index is 0.0798. The van der Waals surface area contributed by atoms with Gasteiger partial charge in [0.15, 0.2) is 0 Å². The highest BCUT2D eigenvalue weighted by Crippen LogP contribution is 2.22. The molecule has 0 aliphatic carbocycles. The van der Waals surface area contributed by atoms with Crippen LogP contribution in [0.5, 0.6) is 5.75 Å². The standard InChI is InChI=1S/C14H20N2O/c1-3-5-9-14(16-15)12-7-6-8-13(11-12)17-10-4-2/h1,6-8,11,14,16H,4-5,9-10,15H2,2H3. The van der Waals surface area contributed by atoms with Crippen molar-refractivity contribution in [3.8, 4) is 18.1 Å². The SMILES string of the molecule is C#CCCC(NN)c1cccc(OCCC)c1. The smallest absolute Gasteiger partial charge is 0.119 e. The Labute approximate surface area is 103 Å². The molecule has 3 heteroatoms. The van der Waals surface area contributed by atoms with E-state index in [1.54, 1.807) is 0 Å². The maximum absolute atomic E-state index is 5.59. The van der Waals surface area contributed by atoms with Gasteiger partial charge in [0, 0.05) is 12.5 Å². The van der Waals surface area contributed by atoms with Gasteiger partial charge < -0.3 is 4.74 Å². The number of hydrogen-bond donors (Lipinski definition) is 2. The molecule has 1 aromatic rings. The normalized spacial score (nSPS) is 11.8. The van der Waals surface area contributed by atoms with E-state index in [2.05, 4.69) is 18.3 Å². The summed E-state index contributed by atoms with van der Waals surface area (Å²) in [7, 11) is 0. The number of rotatable bonds is 7. The van der Waals surface area contributed by atoms with Gasteiger partial charge in [-0.1, -0.05) is 19.1 Å². The highest BCUT2D eigenvalue weighted by molar-refractivity contribution is 5.30. The summed E-state index contributed by atoms with van der Waals surface area (Å²) in [6, 6.07) is 8.04. The van der Waals surface area contributed by atoms with Gasteiger partial charge in [0.2, 0.25) is 0 Å². The van der Waals surface area contributed by atoms with Crippen LogP contribution in [0.4, 0.5) is 0 Å². The number of nitrogens with two attached hydrogens (primary N) is 1. The van der Waals surface area contributed by atoms with Crippen LogP contribution in [-0.2, 0) is 0 Å². The van der Waals surface area contributed by atoms with E-state index in [9.17, 15) is 0 Å². The Morgan fingerprint density at radius 2 is 2.35 bits per heavy atom. The van der Waals surface area contributed by atoms with Gasteiger partial charge in [-0.25, -0.2) is 0 Å². The van der Waals surface area contributed by atoms with Crippen molar-refractivity contribution in [2.24, 2.45) is 5.84 Å². The second kappa shape index (κ2) is 7.72. The molecular formula is C14H20N2O. The zero-order valence-corrected chi connectivity index (χ0v) is 10.3. The van der Waals surface area contributed by atoms with Crippen molar-refractivity contribution in [3.05, 3.63) is 29.8 Å². The molecule has 0 spiro atoms. The molecule has 0 bridgehead atoms. The summed E-state index contributed by atoms with van der Waals surface area (Å²) >= 11 is 0. The Balaban J connectivity index is 2.70. The van der Waals surface area contributed by atoms with Crippen LogP contribution in [0.25, 0.3) is 0 Å². The Hall–Kier alpha value is -1.50. The molecule has 0 aromatic heterocycles. The predicted molar refractivity (Wildman–Crippen MR) is 70.4 cm³/mol. The number of benzene rings is 1. The first-order valence-corrected chi connectivity index (χ1v) is 5.94. The first-order valence-electron chi connectivity index (χ1n) is 5.94. The molecule has 0 saturated heterocycles. The average molecular weight is 232 g/mol. The van der Waals surface area contributed by atoms with Crippen LogP contribution in [0, 0.1) is 12.3 Å². The van der Waals surface area contributed by atoms with Crippen molar-refractivity contribution < 1.29 is 4.74 Å². The monoisotopic (exact) mass is 232 g/mol. The molecule has 1 atom stereocenters. The molecule has 92 valence electrons. The van der Waals surface area contributed by atoms with Crippen LogP contribution < -0.4 is 16.0 Å². The lowest BCUT2D eigenvalue weighted by molar-refractivity contribution is 0.316. The van der Waals surface area contributed by atoms with Gasteiger partial charge in [0.05, 0.1) is 6.61 Å². The van der Waals surface area contributed by atoms with Crippen LogP contribution in [0.15, 0.2) is 24.3 Å². The summed E-state index contributed by atoms with van der Waals surface area (Å²) in [6.07, 6.45) is 7.79. The number of hydrazine groups is 1. The fourth-order valence-corrected chi connectivity index (χ4v) is 1.61. The Morgan fingerprint density at radius 1 is 1.53 bits per heavy atom. The topological polar surface area (TPSA) is 47.3 Å². The minimum Gasteiger partial charge on any atom is -0.494 e. The summed E-state index contributed by atoms with van der Waals surface area (Å²) in [6.45, 7) is 2.82. The second-order valence-corrected chi connectivity index (χ2v) is 3.88. The Kier molecular flexibility index (Phi) is 6.16. The van der Waals surface area contributed by atoms with Gasteiger partial charge in [0.25, 0.3) is 0 Å². The van der Waals surface area contributed by atoms with E-state index in [-0.39, 0.29) is 6.04 Å². The highest BCUT2D eigenvalue weighted by atomic mass is 16.5. The molecule has 0 radical (unpaired) electrons. The number of ether oxygens (including phenoxy) is 1. The summed E-state index contributed by atoms with van der Waals surface area (Å²) in [5.74, 6) is 9.04. The van der Waals surface area contributed by atoms with E-state index in [0.29, 0.717) is 6.42 Å². The average Bonchev–Trinajstić information content (AvgIpc) is 2.38. The number of nitrogens with one attached hydrogen (secondary N) is 1. The van der Waals surface area contributed by atoms with Crippen molar-refractivity contribution in [1.29, 1.82) is 0 Å². The molecule has 17 heavy (non-hydrogen) atoms. The lowest BCUT2D eigenvalue weighted by Gasteiger charge is -2.16. The van der Waals surface area contributed by atoms with E-state index in [1.807, 2.05) is 24.3 Å². The van der Waals surface area contributed by atoms with E-state index in [1.165, 1.54) is 0 Å².